The second-order valence-corrected chi connectivity index (χ2v) is 3.27. The van der Waals surface area contributed by atoms with E-state index in [0.717, 1.165) is 17.9 Å². The lowest BCUT2D eigenvalue weighted by atomic mass is 10.1. The SMILES string of the molecule is NC1=CCC(Oc2ccccc2)C=C1. The third kappa shape index (κ3) is 2.16. The van der Waals surface area contributed by atoms with Gasteiger partial charge in [-0.15, -0.1) is 0 Å². The number of rotatable bonds is 2. The molecule has 2 nitrogen and oxygen atoms in total. The number of nitrogens with two attached hydrogens (primary N) is 1. The first kappa shape index (κ1) is 8.88. The Kier molecular flexibility index (Phi) is 2.54. The van der Waals surface area contributed by atoms with Gasteiger partial charge >= 0.3 is 0 Å². The molecule has 1 aromatic rings. The van der Waals surface area contributed by atoms with Crippen LogP contribution < -0.4 is 10.5 Å². The molecule has 14 heavy (non-hydrogen) atoms. The van der Waals surface area contributed by atoms with E-state index in [-0.39, 0.29) is 6.10 Å². The minimum absolute atomic E-state index is 0.115. The standard InChI is InChI=1S/C12H13NO/c13-10-6-8-12(9-7-10)14-11-4-2-1-3-5-11/h1-8,12H,9,13H2. The Hall–Kier alpha value is -1.70. The topological polar surface area (TPSA) is 35.2 Å². The number of hydrogen-bond acceptors (Lipinski definition) is 2. The third-order valence-electron chi connectivity index (χ3n) is 2.12. The normalized spacial score (nSPS) is 20.3. The molecule has 0 heterocycles. The summed E-state index contributed by atoms with van der Waals surface area (Å²) in [7, 11) is 0. The van der Waals surface area contributed by atoms with Gasteiger partial charge in [0.05, 0.1) is 0 Å². The molecule has 0 spiro atoms. The van der Waals surface area contributed by atoms with E-state index in [0.29, 0.717) is 0 Å². The molecule has 2 rings (SSSR count). The summed E-state index contributed by atoms with van der Waals surface area (Å²) >= 11 is 0. The Morgan fingerprint density at radius 2 is 2.00 bits per heavy atom. The Bertz CT molecular complexity index is 354. The van der Waals surface area contributed by atoms with Crippen molar-refractivity contribution in [2.75, 3.05) is 0 Å². The van der Waals surface area contributed by atoms with E-state index in [2.05, 4.69) is 0 Å². The van der Waals surface area contributed by atoms with Crippen LogP contribution in [0, 0.1) is 0 Å². The van der Waals surface area contributed by atoms with Crippen molar-refractivity contribution in [2.45, 2.75) is 12.5 Å². The lowest BCUT2D eigenvalue weighted by Gasteiger charge is -2.16. The minimum Gasteiger partial charge on any atom is -0.486 e. The average molecular weight is 187 g/mol. The highest BCUT2D eigenvalue weighted by atomic mass is 16.5. The quantitative estimate of drug-likeness (QED) is 0.770. The predicted octanol–water partition coefficient (Wildman–Crippen LogP) is 2.24. The number of ether oxygens (including phenoxy) is 1. The van der Waals surface area contributed by atoms with Gasteiger partial charge in [-0.25, -0.2) is 0 Å². The molecule has 0 fully saturated rings. The molecule has 1 aliphatic carbocycles. The molecule has 0 bridgehead atoms. The molecule has 1 unspecified atom stereocenters. The van der Waals surface area contributed by atoms with Crippen LogP contribution in [0.3, 0.4) is 0 Å². The second-order valence-electron chi connectivity index (χ2n) is 3.27. The van der Waals surface area contributed by atoms with Crippen molar-refractivity contribution < 1.29 is 4.74 Å². The lowest BCUT2D eigenvalue weighted by molar-refractivity contribution is 0.251. The van der Waals surface area contributed by atoms with Crippen molar-refractivity contribution in [3.8, 4) is 5.75 Å². The highest BCUT2D eigenvalue weighted by molar-refractivity contribution is 5.25. The predicted molar refractivity (Wildman–Crippen MR) is 56.9 cm³/mol. The van der Waals surface area contributed by atoms with E-state index in [4.69, 9.17) is 10.5 Å². The maximum Gasteiger partial charge on any atom is 0.121 e. The summed E-state index contributed by atoms with van der Waals surface area (Å²) in [5.41, 5.74) is 6.43. The molecular formula is C12H13NO. The van der Waals surface area contributed by atoms with Crippen LogP contribution in [0.25, 0.3) is 0 Å². The molecule has 1 aliphatic rings. The summed E-state index contributed by atoms with van der Waals surface area (Å²) < 4.78 is 5.72. The van der Waals surface area contributed by atoms with Crippen LogP contribution in [0.1, 0.15) is 6.42 Å². The van der Waals surface area contributed by atoms with Crippen LogP contribution in [0.4, 0.5) is 0 Å². The van der Waals surface area contributed by atoms with E-state index >= 15 is 0 Å². The fourth-order valence-corrected chi connectivity index (χ4v) is 1.38. The van der Waals surface area contributed by atoms with Crippen LogP contribution in [-0.4, -0.2) is 6.10 Å². The molecule has 0 saturated carbocycles. The maximum atomic E-state index is 5.72. The van der Waals surface area contributed by atoms with Crippen LogP contribution in [0.2, 0.25) is 0 Å². The lowest BCUT2D eigenvalue weighted by Crippen LogP contribution is -2.16. The molecule has 0 amide bonds. The molecule has 0 aromatic heterocycles. The zero-order valence-corrected chi connectivity index (χ0v) is 7.89. The first-order valence-corrected chi connectivity index (χ1v) is 4.70. The van der Waals surface area contributed by atoms with Crippen LogP contribution >= 0.6 is 0 Å². The van der Waals surface area contributed by atoms with E-state index in [1.54, 1.807) is 0 Å². The zero-order chi connectivity index (χ0) is 9.80. The molecule has 2 heteroatoms. The fourth-order valence-electron chi connectivity index (χ4n) is 1.38. The molecule has 72 valence electrons. The van der Waals surface area contributed by atoms with Gasteiger partial charge in [0.2, 0.25) is 0 Å². The van der Waals surface area contributed by atoms with Crippen molar-refractivity contribution in [3.05, 3.63) is 54.3 Å². The average Bonchev–Trinajstić information content (AvgIpc) is 2.23. The van der Waals surface area contributed by atoms with Crippen molar-refractivity contribution in [3.63, 3.8) is 0 Å². The summed E-state index contributed by atoms with van der Waals surface area (Å²) in [6.45, 7) is 0. The van der Waals surface area contributed by atoms with Gasteiger partial charge in [0.25, 0.3) is 0 Å². The first-order valence-electron chi connectivity index (χ1n) is 4.70. The highest BCUT2D eigenvalue weighted by Gasteiger charge is 2.08. The van der Waals surface area contributed by atoms with E-state index < -0.39 is 0 Å². The van der Waals surface area contributed by atoms with Crippen LogP contribution in [0.5, 0.6) is 5.75 Å². The van der Waals surface area contributed by atoms with Gasteiger partial charge in [-0.2, -0.15) is 0 Å². The Balaban J connectivity index is 1.98. The monoisotopic (exact) mass is 187 g/mol. The molecular weight excluding hydrogens is 174 g/mol. The number of benzene rings is 1. The molecule has 0 radical (unpaired) electrons. The zero-order valence-electron chi connectivity index (χ0n) is 7.89. The Morgan fingerprint density at radius 3 is 2.64 bits per heavy atom. The largest absolute Gasteiger partial charge is 0.486 e. The number of hydrogen-bond donors (Lipinski definition) is 1. The van der Waals surface area contributed by atoms with Crippen molar-refractivity contribution in [2.24, 2.45) is 5.73 Å². The third-order valence-corrected chi connectivity index (χ3v) is 2.12. The maximum absolute atomic E-state index is 5.72. The Labute approximate surface area is 83.7 Å². The van der Waals surface area contributed by atoms with Gasteiger partial charge in [-0.1, -0.05) is 24.3 Å². The second kappa shape index (κ2) is 4.01. The van der Waals surface area contributed by atoms with Gasteiger partial charge in [-0.05, 0) is 24.3 Å². The minimum atomic E-state index is 0.115. The smallest absolute Gasteiger partial charge is 0.121 e. The molecule has 1 atom stereocenters. The summed E-state index contributed by atoms with van der Waals surface area (Å²) in [4.78, 5) is 0. The molecule has 0 aliphatic heterocycles. The van der Waals surface area contributed by atoms with Crippen molar-refractivity contribution in [1.29, 1.82) is 0 Å². The molecule has 2 N–H and O–H groups in total. The Morgan fingerprint density at radius 1 is 1.21 bits per heavy atom. The molecule has 1 aromatic carbocycles. The van der Waals surface area contributed by atoms with Crippen molar-refractivity contribution >= 4 is 0 Å². The summed E-state index contributed by atoms with van der Waals surface area (Å²) in [6, 6.07) is 9.81. The summed E-state index contributed by atoms with van der Waals surface area (Å²) in [5.74, 6) is 0.899. The van der Waals surface area contributed by atoms with Gasteiger partial charge < -0.3 is 10.5 Å². The van der Waals surface area contributed by atoms with E-state index in [9.17, 15) is 0 Å². The first-order chi connectivity index (χ1) is 6.84. The summed E-state index contributed by atoms with van der Waals surface area (Å²) in [6.07, 6.45) is 6.81. The molecule has 0 saturated heterocycles. The van der Waals surface area contributed by atoms with Crippen molar-refractivity contribution in [1.82, 2.24) is 0 Å². The van der Waals surface area contributed by atoms with Crippen LogP contribution in [-0.2, 0) is 0 Å². The number of allylic oxidation sites excluding steroid dienone is 1. The van der Waals surface area contributed by atoms with E-state index in [1.807, 2.05) is 48.6 Å². The van der Waals surface area contributed by atoms with Gasteiger partial charge in [-0.3, -0.25) is 0 Å². The summed E-state index contributed by atoms with van der Waals surface area (Å²) in [5, 5.41) is 0. The van der Waals surface area contributed by atoms with Crippen LogP contribution in [0.15, 0.2) is 54.3 Å². The van der Waals surface area contributed by atoms with E-state index in [1.165, 1.54) is 0 Å². The highest BCUT2D eigenvalue weighted by Crippen LogP contribution is 2.16. The van der Waals surface area contributed by atoms with Gasteiger partial charge in [0, 0.05) is 12.1 Å². The fraction of sp³-hybridized carbons (Fsp3) is 0.167. The van der Waals surface area contributed by atoms with Gasteiger partial charge in [0.15, 0.2) is 0 Å². The number of para-hydroxylation sites is 1. The van der Waals surface area contributed by atoms with Gasteiger partial charge in [0.1, 0.15) is 11.9 Å².